The molecule has 0 fully saturated rings. The molecule has 0 rings (SSSR count). The number of carboxylic acid groups (broad SMARTS) is 1. The lowest BCUT2D eigenvalue weighted by atomic mass is 10.1. The maximum Gasteiger partial charge on any atom is 0.407 e. The van der Waals surface area contributed by atoms with Crippen molar-refractivity contribution in [3.8, 4) is 0 Å². The standard InChI is InChI=1S/C15H27NO6/c1-9(2)7-11(13(18)19)21-12(17)8-10(3)16-14(20)22-15(4,5)6/h9-11H,7-8H2,1-6H3,(H,16,20)(H,18,19)/t10-,11+/m1/s1. The Morgan fingerprint density at radius 1 is 1.14 bits per heavy atom. The predicted molar refractivity (Wildman–Crippen MR) is 80.4 cm³/mol. The lowest BCUT2D eigenvalue weighted by Gasteiger charge is -2.22. The first-order chi connectivity index (χ1) is 9.90. The second-order valence-corrected chi connectivity index (χ2v) is 6.70. The van der Waals surface area contributed by atoms with Crippen LogP contribution in [0.3, 0.4) is 0 Å². The first kappa shape index (κ1) is 20.2. The summed E-state index contributed by atoms with van der Waals surface area (Å²) in [4.78, 5) is 34.3. The topological polar surface area (TPSA) is 102 Å². The fraction of sp³-hybridized carbons (Fsp3) is 0.800. The van der Waals surface area contributed by atoms with E-state index in [1.54, 1.807) is 27.7 Å². The van der Waals surface area contributed by atoms with Crippen molar-refractivity contribution in [1.82, 2.24) is 5.32 Å². The molecule has 0 aromatic carbocycles. The summed E-state index contributed by atoms with van der Waals surface area (Å²) in [5, 5.41) is 11.5. The Kier molecular flexibility index (Phi) is 7.90. The molecule has 0 unspecified atom stereocenters. The van der Waals surface area contributed by atoms with Crippen LogP contribution in [0.25, 0.3) is 0 Å². The molecule has 0 bridgehead atoms. The van der Waals surface area contributed by atoms with Crippen LogP contribution < -0.4 is 5.32 Å². The first-order valence-corrected chi connectivity index (χ1v) is 7.32. The molecule has 2 atom stereocenters. The number of alkyl carbamates (subject to hydrolysis) is 1. The quantitative estimate of drug-likeness (QED) is 0.699. The molecule has 0 saturated carbocycles. The number of carboxylic acids is 1. The van der Waals surface area contributed by atoms with Gasteiger partial charge in [0.05, 0.1) is 6.42 Å². The van der Waals surface area contributed by atoms with Crippen LogP contribution in [0.5, 0.6) is 0 Å². The molecule has 0 aliphatic rings. The Hall–Kier alpha value is -1.79. The molecule has 7 heteroatoms. The van der Waals surface area contributed by atoms with Gasteiger partial charge in [-0.15, -0.1) is 0 Å². The third-order valence-electron chi connectivity index (χ3n) is 2.47. The Balaban J connectivity index is 4.34. The second kappa shape index (κ2) is 8.60. The van der Waals surface area contributed by atoms with Gasteiger partial charge in [-0.2, -0.15) is 0 Å². The number of ether oxygens (including phenoxy) is 2. The summed E-state index contributed by atoms with van der Waals surface area (Å²) < 4.78 is 10.0. The number of nitrogens with one attached hydrogen (secondary N) is 1. The molecule has 22 heavy (non-hydrogen) atoms. The Morgan fingerprint density at radius 2 is 1.68 bits per heavy atom. The van der Waals surface area contributed by atoms with Crippen LogP contribution >= 0.6 is 0 Å². The van der Waals surface area contributed by atoms with E-state index in [1.807, 2.05) is 13.8 Å². The maximum atomic E-state index is 11.7. The number of hydrogen-bond acceptors (Lipinski definition) is 5. The minimum Gasteiger partial charge on any atom is -0.479 e. The molecule has 2 N–H and O–H groups in total. The molecule has 0 aliphatic heterocycles. The van der Waals surface area contributed by atoms with E-state index in [2.05, 4.69) is 5.32 Å². The predicted octanol–water partition coefficient (Wildman–Crippen LogP) is 2.33. The Morgan fingerprint density at radius 3 is 2.09 bits per heavy atom. The molecule has 0 aromatic heterocycles. The molecule has 128 valence electrons. The highest BCUT2D eigenvalue weighted by Crippen LogP contribution is 2.11. The molecular weight excluding hydrogens is 290 g/mol. The van der Waals surface area contributed by atoms with Gasteiger partial charge >= 0.3 is 18.0 Å². The van der Waals surface area contributed by atoms with Crippen LogP contribution in [-0.4, -0.2) is 40.9 Å². The summed E-state index contributed by atoms with van der Waals surface area (Å²) in [5.41, 5.74) is -0.629. The summed E-state index contributed by atoms with van der Waals surface area (Å²) in [6.45, 7) is 10.5. The van der Waals surface area contributed by atoms with Crippen LogP contribution in [-0.2, 0) is 19.1 Å². The Bertz CT molecular complexity index is 399. The smallest absolute Gasteiger partial charge is 0.407 e. The van der Waals surface area contributed by atoms with Gasteiger partial charge in [-0.3, -0.25) is 4.79 Å². The van der Waals surface area contributed by atoms with E-state index >= 15 is 0 Å². The van der Waals surface area contributed by atoms with Gasteiger partial charge in [0.1, 0.15) is 5.60 Å². The van der Waals surface area contributed by atoms with E-state index in [-0.39, 0.29) is 18.8 Å². The van der Waals surface area contributed by atoms with Gasteiger partial charge in [-0.05, 0) is 40.0 Å². The average Bonchev–Trinajstić information content (AvgIpc) is 2.23. The minimum atomic E-state index is -1.17. The van der Waals surface area contributed by atoms with Crippen molar-refractivity contribution in [1.29, 1.82) is 0 Å². The number of esters is 1. The summed E-state index contributed by atoms with van der Waals surface area (Å²) in [6, 6.07) is -0.518. The number of amides is 1. The molecule has 1 amide bonds. The van der Waals surface area contributed by atoms with Crippen molar-refractivity contribution in [2.75, 3.05) is 0 Å². The van der Waals surface area contributed by atoms with Crippen LogP contribution in [0.4, 0.5) is 4.79 Å². The van der Waals surface area contributed by atoms with E-state index < -0.39 is 35.8 Å². The van der Waals surface area contributed by atoms with Gasteiger partial charge in [0.15, 0.2) is 6.10 Å². The van der Waals surface area contributed by atoms with Gasteiger partial charge in [0, 0.05) is 6.04 Å². The van der Waals surface area contributed by atoms with Crippen molar-refractivity contribution in [2.24, 2.45) is 5.92 Å². The normalized spacial score (nSPS) is 14.1. The SMILES string of the molecule is CC(C)C[C@H](OC(=O)C[C@@H](C)NC(=O)OC(C)(C)C)C(=O)O. The molecule has 7 nitrogen and oxygen atoms in total. The van der Waals surface area contributed by atoms with Gasteiger partial charge in [0.25, 0.3) is 0 Å². The average molecular weight is 317 g/mol. The molecule has 0 heterocycles. The number of carbonyl (C=O) groups is 3. The van der Waals surface area contributed by atoms with Crippen molar-refractivity contribution < 1.29 is 29.0 Å². The highest BCUT2D eigenvalue weighted by atomic mass is 16.6. The van der Waals surface area contributed by atoms with Gasteiger partial charge in [-0.25, -0.2) is 9.59 Å². The fourth-order valence-corrected chi connectivity index (χ4v) is 1.64. The lowest BCUT2D eigenvalue weighted by Crippen LogP contribution is -2.39. The minimum absolute atomic E-state index is 0.0891. The molecule has 0 spiro atoms. The highest BCUT2D eigenvalue weighted by molar-refractivity contribution is 5.78. The van der Waals surface area contributed by atoms with Crippen LogP contribution in [0, 0.1) is 5.92 Å². The zero-order valence-corrected chi connectivity index (χ0v) is 14.1. The monoisotopic (exact) mass is 317 g/mol. The molecule has 0 aliphatic carbocycles. The van der Waals surface area contributed by atoms with Crippen molar-refractivity contribution in [2.45, 2.75) is 72.1 Å². The molecule has 0 radical (unpaired) electrons. The summed E-state index contributed by atoms with van der Waals surface area (Å²) in [6.07, 6.45) is -1.68. The number of aliphatic carboxylic acids is 1. The maximum absolute atomic E-state index is 11.7. The van der Waals surface area contributed by atoms with Crippen molar-refractivity contribution >= 4 is 18.0 Å². The van der Waals surface area contributed by atoms with E-state index in [0.717, 1.165) is 0 Å². The summed E-state index contributed by atoms with van der Waals surface area (Å²) in [7, 11) is 0. The first-order valence-electron chi connectivity index (χ1n) is 7.32. The number of rotatable bonds is 7. The van der Waals surface area contributed by atoms with Gasteiger partial charge in [-0.1, -0.05) is 13.8 Å². The van der Waals surface area contributed by atoms with E-state index in [1.165, 1.54) is 0 Å². The summed E-state index contributed by atoms with van der Waals surface area (Å²) in [5.74, 6) is -1.75. The van der Waals surface area contributed by atoms with Crippen LogP contribution in [0.1, 0.15) is 54.4 Å². The highest BCUT2D eigenvalue weighted by Gasteiger charge is 2.25. The second-order valence-electron chi connectivity index (χ2n) is 6.70. The molecular formula is C15H27NO6. The lowest BCUT2D eigenvalue weighted by molar-refractivity contribution is -0.165. The Labute approximate surface area is 131 Å². The van der Waals surface area contributed by atoms with Crippen LogP contribution in [0.15, 0.2) is 0 Å². The zero-order chi connectivity index (χ0) is 17.5. The van der Waals surface area contributed by atoms with E-state index in [0.29, 0.717) is 0 Å². The van der Waals surface area contributed by atoms with Crippen molar-refractivity contribution in [3.63, 3.8) is 0 Å². The third kappa shape index (κ3) is 10.0. The third-order valence-corrected chi connectivity index (χ3v) is 2.47. The van der Waals surface area contributed by atoms with Gasteiger partial charge in [0.2, 0.25) is 0 Å². The van der Waals surface area contributed by atoms with E-state index in [9.17, 15) is 14.4 Å². The summed E-state index contributed by atoms with van der Waals surface area (Å²) >= 11 is 0. The molecule has 0 aromatic rings. The fourth-order valence-electron chi connectivity index (χ4n) is 1.64. The number of hydrogen-bond donors (Lipinski definition) is 2. The van der Waals surface area contributed by atoms with Crippen molar-refractivity contribution in [3.05, 3.63) is 0 Å². The van der Waals surface area contributed by atoms with Crippen LogP contribution in [0.2, 0.25) is 0 Å². The van der Waals surface area contributed by atoms with E-state index in [4.69, 9.17) is 14.6 Å². The largest absolute Gasteiger partial charge is 0.479 e. The zero-order valence-electron chi connectivity index (χ0n) is 14.1. The molecule has 0 saturated heterocycles. The number of carbonyl (C=O) groups excluding carboxylic acids is 2. The van der Waals surface area contributed by atoms with Gasteiger partial charge < -0.3 is 19.9 Å².